The number of hydrogen-bond donors (Lipinski definition) is 3. The fourth-order valence-electron chi connectivity index (χ4n) is 3.79. The van der Waals surface area contributed by atoms with Crippen LogP contribution in [0.25, 0.3) is 10.9 Å². The molecule has 5 heteroatoms. The number of carbonyl (C=O) groups excluding carboxylic acids is 1. The zero-order valence-corrected chi connectivity index (χ0v) is 14.5. The third kappa shape index (κ3) is 3.10. The first-order valence-corrected chi connectivity index (χ1v) is 9.04. The number of fused-ring (bicyclic) bond motifs is 2. The molecule has 4 N–H and O–H groups in total. The number of nitrogens with two attached hydrogens (primary N) is 1. The quantitative estimate of drug-likeness (QED) is 0.672. The Morgan fingerprint density at radius 1 is 1.31 bits per heavy atom. The minimum absolute atomic E-state index is 0.0145. The van der Waals surface area contributed by atoms with Crippen LogP contribution >= 0.6 is 0 Å². The monoisotopic (exact) mass is 351 g/mol. The van der Waals surface area contributed by atoms with Crippen molar-refractivity contribution in [3.63, 3.8) is 0 Å². The summed E-state index contributed by atoms with van der Waals surface area (Å²) in [5.74, 6) is -0.361. The first kappa shape index (κ1) is 16.8. The van der Waals surface area contributed by atoms with E-state index in [1.165, 1.54) is 11.6 Å². The van der Waals surface area contributed by atoms with Crippen LogP contribution in [-0.4, -0.2) is 17.4 Å². The average Bonchev–Trinajstić information content (AvgIpc) is 3.06. The zero-order chi connectivity index (χ0) is 18.1. The largest absolute Gasteiger partial charge is 0.361 e. The topological polar surface area (TPSA) is 70.9 Å². The van der Waals surface area contributed by atoms with Gasteiger partial charge in [-0.1, -0.05) is 12.1 Å². The minimum atomic E-state index is -0.242. The highest BCUT2D eigenvalue weighted by molar-refractivity contribution is 5.94. The molecule has 1 heterocycles. The molecular weight excluding hydrogens is 329 g/mol. The molecule has 2 aromatic carbocycles. The highest BCUT2D eigenvalue weighted by atomic mass is 19.1. The number of benzene rings is 2. The van der Waals surface area contributed by atoms with E-state index in [1.54, 1.807) is 12.3 Å². The predicted molar refractivity (Wildman–Crippen MR) is 101 cm³/mol. The summed E-state index contributed by atoms with van der Waals surface area (Å²) in [5.41, 5.74) is 10.8. The van der Waals surface area contributed by atoms with Gasteiger partial charge in [-0.05, 0) is 66.6 Å². The van der Waals surface area contributed by atoms with Gasteiger partial charge < -0.3 is 16.0 Å². The van der Waals surface area contributed by atoms with Crippen molar-refractivity contribution in [3.8, 4) is 0 Å². The maximum atomic E-state index is 14.0. The third-order valence-corrected chi connectivity index (χ3v) is 5.19. The number of H-pyrrole nitrogens is 1. The number of amides is 1. The lowest BCUT2D eigenvalue weighted by molar-refractivity contribution is 0.0954. The molecule has 1 aromatic heterocycles. The van der Waals surface area contributed by atoms with Crippen LogP contribution in [0.15, 0.2) is 42.6 Å². The van der Waals surface area contributed by atoms with Gasteiger partial charge >= 0.3 is 0 Å². The summed E-state index contributed by atoms with van der Waals surface area (Å²) >= 11 is 0. The summed E-state index contributed by atoms with van der Waals surface area (Å²) < 4.78 is 14.0. The lowest BCUT2D eigenvalue weighted by Crippen LogP contribution is -2.26. The van der Waals surface area contributed by atoms with E-state index in [-0.39, 0.29) is 17.8 Å². The summed E-state index contributed by atoms with van der Waals surface area (Å²) in [4.78, 5) is 15.5. The number of aryl methyl sites for hydroxylation is 1. The number of aromatic nitrogens is 1. The molecule has 26 heavy (non-hydrogen) atoms. The van der Waals surface area contributed by atoms with Gasteiger partial charge in [-0.2, -0.15) is 0 Å². The number of rotatable bonds is 4. The fraction of sp³-hybridized carbons (Fsp3) is 0.286. The van der Waals surface area contributed by atoms with Gasteiger partial charge in [0.15, 0.2) is 0 Å². The van der Waals surface area contributed by atoms with Crippen LogP contribution in [0.2, 0.25) is 0 Å². The van der Waals surface area contributed by atoms with Gasteiger partial charge in [0.2, 0.25) is 0 Å². The van der Waals surface area contributed by atoms with Gasteiger partial charge in [0, 0.05) is 35.2 Å². The molecular formula is C21H22FN3O. The summed E-state index contributed by atoms with van der Waals surface area (Å²) in [6.45, 7) is 0.448. The smallest absolute Gasteiger partial charge is 0.251 e. The molecule has 0 aliphatic heterocycles. The van der Waals surface area contributed by atoms with E-state index < -0.39 is 0 Å². The molecule has 1 aliphatic carbocycles. The second-order valence-electron chi connectivity index (χ2n) is 6.89. The molecule has 4 rings (SSSR count). The van der Waals surface area contributed by atoms with E-state index in [2.05, 4.69) is 10.3 Å². The van der Waals surface area contributed by atoms with Crippen LogP contribution in [0.5, 0.6) is 0 Å². The van der Waals surface area contributed by atoms with Crippen LogP contribution < -0.4 is 11.1 Å². The standard InChI is InChI=1S/C21H22FN3O/c22-17-4-2-6-19-20(17)15(12-25-19)9-10-24-21(26)14-8-7-13-3-1-5-18(23)16(13)11-14/h2,4,6-8,11-12,18,25H,1,3,5,9-10,23H2,(H,24,26). The van der Waals surface area contributed by atoms with Crippen LogP contribution in [0.4, 0.5) is 4.39 Å². The molecule has 0 fully saturated rings. The summed E-state index contributed by atoms with van der Waals surface area (Å²) in [6, 6.07) is 10.8. The zero-order valence-electron chi connectivity index (χ0n) is 14.5. The molecule has 1 unspecified atom stereocenters. The van der Waals surface area contributed by atoms with Gasteiger partial charge in [0.25, 0.3) is 5.91 Å². The Hall–Kier alpha value is -2.66. The highest BCUT2D eigenvalue weighted by Crippen LogP contribution is 2.28. The van der Waals surface area contributed by atoms with Crippen LogP contribution in [-0.2, 0) is 12.8 Å². The first-order chi connectivity index (χ1) is 12.6. The van der Waals surface area contributed by atoms with Crippen molar-refractivity contribution >= 4 is 16.8 Å². The number of halogens is 1. The Morgan fingerprint density at radius 3 is 3.08 bits per heavy atom. The Morgan fingerprint density at radius 2 is 2.19 bits per heavy atom. The molecule has 3 aromatic rings. The molecule has 0 saturated carbocycles. The van der Waals surface area contributed by atoms with Gasteiger partial charge in [-0.3, -0.25) is 4.79 Å². The molecule has 1 atom stereocenters. The summed E-state index contributed by atoms with van der Waals surface area (Å²) in [6.07, 6.45) is 5.46. The van der Waals surface area contributed by atoms with Crippen LogP contribution in [0, 0.1) is 5.82 Å². The van der Waals surface area contributed by atoms with Gasteiger partial charge in [0.1, 0.15) is 5.82 Å². The minimum Gasteiger partial charge on any atom is -0.361 e. The van der Waals surface area contributed by atoms with Crippen LogP contribution in [0.1, 0.15) is 45.9 Å². The lowest BCUT2D eigenvalue weighted by Gasteiger charge is -2.22. The van der Waals surface area contributed by atoms with E-state index in [1.807, 2.05) is 24.3 Å². The SMILES string of the molecule is NC1CCCc2ccc(C(=O)NCCc3c[nH]c4cccc(F)c34)cc21. The molecule has 0 radical (unpaired) electrons. The average molecular weight is 351 g/mol. The Labute approximate surface area is 151 Å². The van der Waals surface area contributed by atoms with Crippen molar-refractivity contribution in [1.82, 2.24) is 10.3 Å². The maximum Gasteiger partial charge on any atom is 0.251 e. The van der Waals surface area contributed by atoms with Crippen molar-refractivity contribution in [1.29, 1.82) is 0 Å². The highest BCUT2D eigenvalue weighted by Gasteiger charge is 2.18. The fourth-order valence-corrected chi connectivity index (χ4v) is 3.79. The van der Waals surface area contributed by atoms with E-state index in [4.69, 9.17) is 5.73 Å². The normalized spacial score (nSPS) is 16.5. The van der Waals surface area contributed by atoms with Crippen molar-refractivity contribution in [2.75, 3.05) is 6.54 Å². The Balaban J connectivity index is 1.43. The predicted octanol–water partition coefficient (Wildman–Crippen LogP) is 3.62. The summed E-state index contributed by atoms with van der Waals surface area (Å²) in [7, 11) is 0. The molecule has 0 spiro atoms. The molecule has 1 amide bonds. The van der Waals surface area contributed by atoms with Crippen molar-refractivity contribution in [2.45, 2.75) is 31.7 Å². The van der Waals surface area contributed by atoms with Crippen LogP contribution in [0.3, 0.4) is 0 Å². The van der Waals surface area contributed by atoms with E-state index in [0.717, 1.165) is 35.9 Å². The Kier molecular flexibility index (Phi) is 4.47. The van der Waals surface area contributed by atoms with Gasteiger partial charge in [0.05, 0.1) is 0 Å². The van der Waals surface area contributed by atoms with Crippen molar-refractivity contribution in [3.05, 3.63) is 70.7 Å². The molecule has 0 saturated heterocycles. The molecule has 4 nitrogen and oxygen atoms in total. The number of carbonyl (C=O) groups is 1. The van der Waals surface area contributed by atoms with E-state index in [0.29, 0.717) is 23.9 Å². The number of aromatic amines is 1. The number of hydrogen-bond acceptors (Lipinski definition) is 2. The van der Waals surface area contributed by atoms with Gasteiger partial charge in [-0.25, -0.2) is 4.39 Å². The molecule has 134 valence electrons. The maximum absolute atomic E-state index is 14.0. The Bertz CT molecular complexity index is 963. The van der Waals surface area contributed by atoms with E-state index in [9.17, 15) is 9.18 Å². The summed E-state index contributed by atoms with van der Waals surface area (Å²) in [5, 5.41) is 3.53. The first-order valence-electron chi connectivity index (χ1n) is 9.04. The van der Waals surface area contributed by atoms with Crippen molar-refractivity contribution in [2.24, 2.45) is 5.73 Å². The lowest BCUT2D eigenvalue weighted by atomic mass is 9.87. The second-order valence-corrected chi connectivity index (χ2v) is 6.89. The second kappa shape index (κ2) is 6.92. The third-order valence-electron chi connectivity index (χ3n) is 5.19. The van der Waals surface area contributed by atoms with E-state index >= 15 is 0 Å². The molecule has 1 aliphatic rings. The molecule has 0 bridgehead atoms. The van der Waals surface area contributed by atoms with Crippen molar-refractivity contribution < 1.29 is 9.18 Å². The van der Waals surface area contributed by atoms with Gasteiger partial charge in [-0.15, -0.1) is 0 Å². The number of nitrogens with one attached hydrogen (secondary N) is 2.